The number of para-hydroxylation sites is 2. The average Bonchev–Trinajstić information content (AvgIpc) is 2.89. The van der Waals surface area contributed by atoms with Gasteiger partial charge in [-0.1, -0.05) is 24.3 Å². The molecule has 3 N–H and O–H groups in total. The van der Waals surface area contributed by atoms with Crippen LogP contribution in [0.25, 0.3) is 0 Å². The predicted octanol–water partition coefficient (Wildman–Crippen LogP) is 4.76. The molecule has 40 heavy (non-hydrogen) atoms. The highest BCUT2D eigenvalue weighted by Gasteiger charge is 2.33. The monoisotopic (exact) mass is 578 g/mol. The smallest absolute Gasteiger partial charge is 0.401 e. The molecule has 1 fully saturated rings. The maximum atomic E-state index is 13.7. The summed E-state index contributed by atoms with van der Waals surface area (Å²) in [7, 11) is -4.45. The topological polar surface area (TPSA) is 145 Å². The summed E-state index contributed by atoms with van der Waals surface area (Å²) in [6.45, 7) is -0.727. The molecule has 0 atom stereocenters. The first-order valence-corrected chi connectivity index (χ1v) is 13.6. The second-order valence-corrected chi connectivity index (χ2v) is 11.1. The summed E-state index contributed by atoms with van der Waals surface area (Å²) in [6.07, 6.45) is -3.69. The molecule has 1 aliphatic heterocycles. The molecule has 1 heterocycles. The van der Waals surface area contributed by atoms with Crippen LogP contribution < -0.4 is 15.8 Å². The molecule has 1 amide bonds. The number of halogens is 3. The quantitative estimate of drug-likeness (QED) is 0.273. The van der Waals surface area contributed by atoms with Crippen molar-refractivity contribution in [2.24, 2.45) is 5.73 Å². The number of amides is 1. The summed E-state index contributed by atoms with van der Waals surface area (Å²) in [5.41, 5.74) is 4.76. The van der Waals surface area contributed by atoms with Crippen LogP contribution in [-0.2, 0) is 9.84 Å². The highest BCUT2D eigenvalue weighted by atomic mass is 32.2. The Balaban J connectivity index is 1.64. The molecule has 0 saturated carbocycles. The van der Waals surface area contributed by atoms with E-state index in [0.29, 0.717) is 12.8 Å². The number of carbonyl (C=O) groups is 1. The first kappa shape index (κ1) is 28.8. The van der Waals surface area contributed by atoms with Crippen molar-refractivity contribution < 1.29 is 36.0 Å². The molecule has 0 bridgehead atoms. The fourth-order valence-electron chi connectivity index (χ4n) is 4.42. The number of nitrogens with one attached hydrogen (secondary N) is 1. The van der Waals surface area contributed by atoms with E-state index in [9.17, 15) is 36.5 Å². The standard InChI is InChI=1S/C26H25F3N4O6S/c27-26(28,29)16-32-13-11-17(12-14-32)31-21-10-9-19(15-22(21)33(35)36)40(37,38)23-8-4-7-20(25(30)34)24(23)39-18-5-2-1-3-6-18/h1-10,15,17,31H,11-14,16H2,(H2,30,34). The molecule has 212 valence electrons. The van der Waals surface area contributed by atoms with Crippen molar-refractivity contribution in [1.29, 1.82) is 0 Å². The van der Waals surface area contributed by atoms with Gasteiger partial charge in [0, 0.05) is 25.2 Å². The van der Waals surface area contributed by atoms with Gasteiger partial charge >= 0.3 is 6.18 Å². The van der Waals surface area contributed by atoms with E-state index in [1.54, 1.807) is 30.3 Å². The Bertz CT molecular complexity index is 1510. The normalized spacial score (nSPS) is 15.0. The largest absolute Gasteiger partial charge is 0.455 e. The number of likely N-dealkylation sites (tertiary alicyclic amines) is 1. The second-order valence-electron chi connectivity index (χ2n) is 9.16. The summed E-state index contributed by atoms with van der Waals surface area (Å²) in [5.74, 6) is -1.02. The van der Waals surface area contributed by atoms with Gasteiger partial charge in [0.05, 0.1) is 21.9 Å². The molecule has 1 saturated heterocycles. The third kappa shape index (κ3) is 6.69. The van der Waals surface area contributed by atoms with Crippen LogP contribution in [0.2, 0.25) is 0 Å². The predicted molar refractivity (Wildman–Crippen MR) is 139 cm³/mol. The van der Waals surface area contributed by atoms with Gasteiger partial charge < -0.3 is 15.8 Å². The Kier molecular flexibility index (Phi) is 8.30. The molecule has 3 aromatic carbocycles. The van der Waals surface area contributed by atoms with Crippen molar-refractivity contribution in [3.8, 4) is 11.5 Å². The Hall–Kier alpha value is -4.17. The number of anilines is 1. The number of sulfone groups is 1. The molecule has 10 nitrogen and oxygen atoms in total. The lowest BCUT2D eigenvalue weighted by Gasteiger charge is -2.33. The van der Waals surface area contributed by atoms with Crippen LogP contribution in [0.4, 0.5) is 24.5 Å². The minimum absolute atomic E-state index is 0.0323. The molecular formula is C26H25F3N4O6S. The summed E-state index contributed by atoms with van der Waals surface area (Å²) in [6, 6.07) is 14.9. The van der Waals surface area contributed by atoms with Gasteiger partial charge in [0.2, 0.25) is 9.84 Å². The van der Waals surface area contributed by atoms with Crippen molar-refractivity contribution >= 4 is 27.1 Å². The molecule has 14 heteroatoms. The number of rotatable bonds is 9. The molecule has 0 aliphatic carbocycles. The molecular weight excluding hydrogens is 553 g/mol. The molecule has 0 aromatic heterocycles. The third-order valence-electron chi connectivity index (χ3n) is 6.32. The molecule has 0 radical (unpaired) electrons. The van der Waals surface area contributed by atoms with Crippen molar-refractivity contribution in [2.45, 2.75) is 34.9 Å². The van der Waals surface area contributed by atoms with Gasteiger partial charge in [-0.25, -0.2) is 8.42 Å². The third-order valence-corrected chi connectivity index (χ3v) is 8.10. The van der Waals surface area contributed by atoms with Crippen molar-refractivity contribution in [1.82, 2.24) is 4.90 Å². The van der Waals surface area contributed by atoms with E-state index >= 15 is 0 Å². The number of nitro benzene ring substituents is 1. The Morgan fingerprint density at radius 2 is 1.75 bits per heavy atom. The fraction of sp³-hybridized carbons (Fsp3) is 0.269. The zero-order chi connectivity index (χ0) is 29.1. The summed E-state index contributed by atoms with van der Waals surface area (Å²) < 4.78 is 71.1. The van der Waals surface area contributed by atoms with Crippen molar-refractivity contribution in [3.63, 3.8) is 0 Å². The highest BCUT2D eigenvalue weighted by Crippen LogP contribution is 2.38. The number of hydrogen-bond acceptors (Lipinski definition) is 8. The average molecular weight is 579 g/mol. The number of nitrogens with zero attached hydrogens (tertiary/aromatic N) is 2. The number of primary amides is 1. The van der Waals surface area contributed by atoms with Gasteiger partial charge in [0.15, 0.2) is 5.75 Å². The van der Waals surface area contributed by atoms with E-state index in [2.05, 4.69) is 5.32 Å². The van der Waals surface area contributed by atoms with E-state index in [1.807, 2.05) is 0 Å². The Morgan fingerprint density at radius 1 is 1.07 bits per heavy atom. The lowest BCUT2D eigenvalue weighted by atomic mass is 10.0. The number of nitro groups is 1. The number of alkyl halides is 3. The van der Waals surface area contributed by atoms with Gasteiger partial charge in [0.1, 0.15) is 16.3 Å². The second kappa shape index (κ2) is 11.5. The van der Waals surface area contributed by atoms with Crippen LogP contribution in [0.5, 0.6) is 11.5 Å². The van der Waals surface area contributed by atoms with Gasteiger partial charge in [0.25, 0.3) is 11.6 Å². The SMILES string of the molecule is NC(=O)c1cccc(S(=O)(=O)c2ccc(NC3CCN(CC(F)(F)F)CC3)c([N+](=O)[O-])c2)c1Oc1ccccc1. The van der Waals surface area contributed by atoms with Crippen LogP contribution >= 0.6 is 0 Å². The zero-order valence-electron chi connectivity index (χ0n) is 20.9. The zero-order valence-corrected chi connectivity index (χ0v) is 21.7. The number of hydrogen-bond donors (Lipinski definition) is 2. The van der Waals surface area contributed by atoms with Crippen molar-refractivity contribution in [2.75, 3.05) is 25.0 Å². The fourth-order valence-corrected chi connectivity index (χ4v) is 5.84. The number of benzene rings is 3. The minimum Gasteiger partial charge on any atom is -0.455 e. The van der Waals surface area contributed by atoms with E-state index in [0.717, 1.165) is 6.07 Å². The number of carbonyl (C=O) groups excluding carboxylic acids is 1. The first-order valence-electron chi connectivity index (χ1n) is 12.1. The number of piperidine rings is 1. The lowest BCUT2D eigenvalue weighted by molar-refractivity contribution is -0.384. The minimum atomic E-state index is -4.45. The van der Waals surface area contributed by atoms with Crippen LogP contribution in [0.1, 0.15) is 23.2 Å². The van der Waals surface area contributed by atoms with Gasteiger partial charge in [-0.2, -0.15) is 13.2 Å². The van der Waals surface area contributed by atoms with Gasteiger partial charge in [-0.3, -0.25) is 19.8 Å². The Morgan fingerprint density at radius 3 is 2.35 bits per heavy atom. The van der Waals surface area contributed by atoms with Crippen LogP contribution in [-0.4, -0.2) is 56.0 Å². The molecule has 0 spiro atoms. The van der Waals surface area contributed by atoms with Crippen LogP contribution in [0.15, 0.2) is 76.5 Å². The van der Waals surface area contributed by atoms with Crippen LogP contribution in [0, 0.1) is 10.1 Å². The number of ether oxygens (including phenoxy) is 1. The van der Waals surface area contributed by atoms with Gasteiger partial charge in [-0.15, -0.1) is 0 Å². The summed E-state index contributed by atoms with van der Waals surface area (Å²) in [5, 5.41) is 14.9. The van der Waals surface area contributed by atoms with E-state index in [4.69, 9.17) is 10.5 Å². The molecule has 3 aromatic rings. The lowest BCUT2D eigenvalue weighted by Crippen LogP contribution is -2.43. The first-order chi connectivity index (χ1) is 18.8. The number of nitrogens with two attached hydrogens (primary N) is 1. The maximum Gasteiger partial charge on any atom is 0.401 e. The molecule has 4 rings (SSSR count). The molecule has 1 aliphatic rings. The summed E-state index contributed by atoms with van der Waals surface area (Å²) in [4.78, 5) is 23.6. The van der Waals surface area contributed by atoms with Crippen molar-refractivity contribution in [3.05, 3.63) is 82.4 Å². The van der Waals surface area contributed by atoms with Crippen LogP contribution in [0.3, 0.4) is 0 Å². The van der Waals surface area contributed by atoms with E-state index < -0.39 is 48.9 Å². The molecule has 0 unspecified atom stereocenters. The van der Waals surface area contributed by atoms with E-state index in [-0.39, 0.29) is 41.9 Å². The maximum absolute atomic E-state index is 13.7. The van der Waals surface area contributed by atoms with Gasteiger partial charge in [-0.05, 0) is 49.2 Å². The van der Waals surface area contributed by atoms with E-state index in [1.165, 1.54) is 35.2 Å². The highest BCUT2D eigenvalue weighted by molar-refractivity contribution is 7.91. The Labute approximate surface area is 227 Å². The summed E-state index contributed by atoms with van der Waals surface area (Å²) >= 11 is 0.